The van der Waals surface area contributed by atoms with E-state index in [-0.39, 0.29) is 41.1 Å². The fourth-order valence-electron chi connectivity index (χ4n) is 1.48. The van der Waals surface area contributed by atoms with Gasteiger partial charge in [-0.2, -0.15) is 0 Å². The summed E-state index contributed by atoms with van der Waals surface area (Å²) in [5.74, 6) is 0.465. The maximum Gasteiger partial charge on any atom is 1.00 e. The van der Waals surface area contributed by atoms with Crippen molar-refractivity contribution in [2.24, 2.45) is 0 Å². The fraction of sp³-hybridized carbons (Fsp3) is 0.143. The smallest absolute Gasteiger partial charge is 0.736 e. The first-order valence-corrected chi connectivity index (χ1v) is 7.24. The molecule has 0 aliphatic carbocycles. The van der Waals surface area contributed by atoms with Gasteiger partial charge >= 0.3 is 37.4 Å². The molecule has 0 aliphatic heterocycles. The number of phosphoric acid groups is 1. The van der Waals surface area contributed by atoms with Crippen molar-refractivity contribution < 1.29 is 48.1 Å². The SMILES string of the molecule is Cc1ccc(OP(=O)([O-])Oc2ccc(C)cc2)cc1.[Na+]. The molecule has 20 heavy (non-hydrogen) atoms. The first-order valence-electron chi connectivity index (χ1n) is 5.78. The van der Waals surface area contributed by atoms with Crippen LogP contribution in [-0.4, -0.2) is 0 Å². The van der Waals surface area contributed by atoms with Crippen LogP contribution in [0.25, 0.3) is 0 Å². The standard InChI is InChI=1S/C14H15O4P.Na/c1-11-3-7-13(8-4-11)17-19(15,16)18-14-9-5-12(2)6-10-14;/h3-10H,1-2H3,(H,15,16);/q;+1/p-1. The third kappa shape index (κ3) is 5.31. The van der Waals surface area contributed by atoms with E-state index in [9.17, 15) is 9.46 Å². The van der Waals surface area contributed by atoms with E-state index < -0.39 is 7.82 Å². The summed E-state index contributed by atoms with van der Waals surface area (Å²) < 4.78 is 21.5. The second-order valence-electron chi connectivity index (χ2n) is 4.26. The van der Waals surface area contributed by atoms with Gasteiger partial charge in [-0.15, -0.1) is 0 Å². The molecule has 0 heterocycles. The van der Waals surface area contributed by atoms with Gasteiger partial charge in [0.1, 0.15) is 11.5 Å². The van der Waals surface area contributed by atoms with E-state index in [0.29, 0.717) is 0 Å². The van der Waals surface area contributed by atoms with E-state index in [1.54, 1.807) is 48.5 Å². The average molecular weight is 300 g/mol. The normalized spacial score (nSPS) is 10.6. The molecule has 0 spiro atoms. The van der Waals surface area contributed by atoms with Crippen LogP contribution in [0.5, 0.6) is 11.5 Å². The number of hydrogen-bond acceptors (Lipinski definition) is 4. The molecule has 0 bridgehead atoms. The summed E-state index contributed by atoms with van der Waals surface area (Å²) in [4.78, 5) is 11.7. The Bertz CT molecular complexity index is 544. The Kier molecular flexibility index (Phi) is 6.31. The predicted octanol–water partition coefficient (Wildman–Crippen LogP) is 0.234. The maximum absolute atomic E-state index is 11.7. The Morgan fingerprint density at radius 2 is 1.10 bits per heavy atom. The minimum Gasteiger partial charge on any atom is -0.736 e. The van der Waals surface area contributed by atoms with Crippen LogP contribution in [0.2, 0.25) is 0 Å². The summed E-state index contributed by atoms with van der Waals surface area (Å²) in [7, 11) is -4.42. The molecule has 0 aromatic heterocycles. The fourth-order valence-corrected chi connectivity index (χ4v) is 2.27. The van der Waals surface area contributed by atoms with Crippen LogP contribution in [0.3, 0.4) is 0 Å². The minimum atomic E-state index is -4.42. The molecule has 0 amide bonds. The molecule has 0 aliphatic rings. The van der Waals surface area contributed by atoms with Crippen molar-refractivity contribution >= 4 is 7.82 Å². The minimum absolute atomic E-state index is 0. The van der Waals surface area contributed by atoms with E-state index in [0.717, 1.165) is 11.1 Å². The van der Waals surface area contributed by atoms with E-state index in [1.165, 1.54) is 0 Å². The van der Waals surface area contributed by atoms with Crippen LogP contribution in [0.1, 0.15) is 11.1 Å². The van der Waals surface area contributed by atoms with E-state index in [2.05, 4.69) is 0 Å². The van der Waals surface area contributed by atoms with Crippen molar-refractivity contribution in [1.29, 1.82) is 0 Å². The van der Waals surface area contributed by atoms with Gasteiger partial charge in [-0.05, 0) is 38.1 Å². The number of aryl methyl sites for hydroxylation is 2. The van der Waals surface area contributed by atoms with Crippen molar-refractivity contribution in [3.63, 3.8) is 0 Å². The Hall–Kier alpha value is -0.770. The molecule has 0 saturated heterocycles. The second kappa shape index (κ2) is 7.30. The second-order valence-corrected chi connectivity index (χ2v) is 5.52. The molecule has 0 saturated carbocycles. The van der Waals surface area contributed by atoms with Crippen LogP contribution >= 0.6 is 7.82 Å². The summed E-state index contributed by atoms with van der Waals surface area (Å²) >= 11 is 0. The van der Waals surface area contributed by atoms with Gasteiger partial charge < -0.3 is 13.9 Å². The third-order valence-electron chi connectivity index (χ3n) is 2.48. The Morgan fingerprint density at radius 3 is 1.40 bits per heavy atom. The zero-order valence-electron chi connectivity index (χ0n) is 11.7. The summed E-state index contributed by atoms with van der Waals surface area (Å²) in [5, 5.41) is 0. The van der Waals surface area contributed by atoms with Gasteiger partial charge in [0.25, 0.3) is 0 Å². The molecule has 0 N–H and O–H groups in total. The van der Waals surface area contributed by atoms with Gasteiger partial charge in [-0.25, -0.2) is 4.57 Å². The van der Waals surface area contributed by atoms with Crippen molar-refractivity contribution in [3.05, 3.63) is 59.7 Å². The number of phosphoric ester groups is 1. The zero-order chi connectivity index (χ0) is 13.9. The van der Waals surface area contributed by atoms with Gasteiger partial charge in [0.2, 0.25) is 0 Å². The zero-order valence-corrected chi connectivity index (χ0v) is 14.6. The van der Waals surface area contributed by atoms with Gasteiger partial charge in [0.15, 0.2) is 0 Å². The summed E-state index contributed by atoms with van der Waals surface area (Å²) in [6.45, 7) is 3.81. The summed E-state index contributed by atoms with van der Waals surface area (Å²) in [5.41, 5.74) is 2.04. The quantitative estimate of drug-likeness (QED) is 0.599. The summed E-state index contributed by atoms with van der Waals surface area (Å²) in [6, 6.07) is 13.4. The molecular formula is C14H14NaO4P. The number of benzene rings is 2. The molecule has 4 nitrogen and oxygen atoms in total. The van der Waals surface area contributed by atoms with Gasteiger partial charge in [0, 0.05) is 0 Å². The van der Waals surface area contributed by atoms with Crippen LogP contribution in [-0.2, 0) is 4.57 Å². The molecule has 100 valence electrons. The Balaban J connectivity index is 0.00000200. The van der Waals surface area contributed by atoms with E-state index in [1.807, 2.05) is 13.8 Å². The molecule has 2 aromatic rings. The predicted molar refractivity (Wildman–Crippen MR) is 71.2 cm³/mol. The van der Waals surface area contributed by atoms with Crippen molar-refractivity contribution in [2.45, 2.75) is 13.8 Å². The van der Waals surface area contributed by atoms with E-state index in [4.69, 9.17) is 9.05 Å². The molecule has 0 atom stereocenters. The number of hydrogen-bond donors (Lipinski definition) is 0. The Labute approximate surface area is 140 Å². The molecule has 2 aromatic carbocycles. The van der Waals surface area contributed by atoms with Crippen LogP contribution in [0, 0.1) is 13.8 Å². The maximum atomic E-state index is 11.7. The Morgan fingerprint density at radius 1 is 0.800 bits per heavy atom. The van der Waals surface area contributed by atoms with Crippen LogP contribution in [0.4, 0.5) is 0 Å². The first-order chi connectivity index (χ1) is 8.94. The largest absolute Gasteiger partial charge is 1.00 e. The number of rotatable bonds is 4. The van der Waals surface area contributed by atoms with Crippen molar-refractivity contribution in [3.8, 4) is 11.5 Å². The molecular weight excluding hydrogens is 286 g/mol. The topological polar surface area (TPSA) is 58.6 Å². The van der Waals surface area contributed by atoms with Gasteiger partial charge in [0.05, 0.1) is 0 Å². The summed E-state index contributed by atoms with van der Waals surface area (Å²) in [6.07, 6.45) is 0. The van der Waals surface area contributed by atoms with Crippen LogP contribution in [0.15, 0.2) is 48.5 Å². The van der Waals surface area contributed by atoms with Gasteiger partial charge in [-0.1, -0.05) is 35.4 Å². The molecule has 0 fully saturated rings. The van der Waals surface area contributed by atoms with E-state index >= 15 is 0 Å². The molecule has 0 radical (unpaired) electrons. The average Bonchev–Trinajstić information content (AvgIpc) is 2.34. The van der Waals surface area contributed by atoms with Crippen LogP contribution < -0.4 is 43.5 Å². The van der Waals surface area contributed by atoms with Gasteiger partial charge in [-0.3, -0.25) is 0 Å². The third-order valence-corrected chi connectivity index (χ3v) is 3.35. The van der Waals surface area contributed by atoms with Crippen molar-refractivity contribution in [1.82, 2.24) is 0 Å². The molecule has 0 unspecified atom stereocenters. The molecule has 6 heteroatoms. The monoisotopic (exact) mass is 300 g/mol. The first kappa shape index (κ1) is 17.3. The molecule has 2 rings (SSSR count). The van der Waals surface area contributed by atoms with Crippen molar-refractivity contribution in [2.75, 3.05) is 0 Å².